The molecule has 0 aliphatic carbocycles. The third-order valence-electron chi connectivity index (χ3n) is 0.474. The Hall–Kier alpha value is 0.310. The molecule has 0 saturated heterocycles. The third kappa shape index (κ3) is 10.7. The highest BCUT2D eigenvalue weighted by molar-refractivity contribution is 6.92. The highest BCUT2D eigenvalue weighted by Gasteiger charge is 2.11. The van der Waals surface area contributed by atoms with Gasteiger partial charge in [-0.05, 0) is 0 Å². The van der Waals surface area contributed by atoms with E-state index in [0.29, 0.717) is 0 Å². The van der Waals surface area contributed by atoms with E-state index >= 15 is 0 Å². The van der Waals surface area contributed by atoms with E-state index in [-0.39, 0.29) is 16.3 Å². The summed E-state index contributed by atoms with van der Waals surface area (Å²) in [5.74, 6) is -2.46. The number of hydrogen-bond donors (Lipinski definition) is 3. The van der Waals surface area contributed by atoms with E-state index in [1.54, 1.807) is 0 Å². The predicted octanol–water partition coefficient (Wildman–Crippen LogP) is -0.915. The van der Waals surface area contributed by atoms with Crippen LogP contribution in [0.4, 0.5) is 0 Å². The lowest BCUT2D eigenvalue weighted by molar-refractivity contribution is -0.312. The maximum atomic E-state index is 7.94. The SMILES string of the molecule is CCC(O)(O)O.P. The van der Waals surface area contributed by atoms with Crippen LogP contribution in [0, 0.1) is 0 Å². The predicted molar refractivity (Wildman–Crippen MR) is 30.8 cm³/mol. The second-order valence-electron chi connectivity index (χ2n) is 1.13. The minimum absolute atomic E-state index is 0. The van der Waals surface area contributed by atoms with Gasteiger partial charge in [-0.1, -0.05) is 6.92 Å². The van der Waals surface area contributed by atoms with Gasteiger partial charge in [0.05, 0.1) is 0 Å². The van der Waals surface area contributed by atoms with Crippen LogP contribution in [0.2, 0.25) is 0 Å². The van der Waals surface area contributed by atoms with E-state index < -0.39 is 5.97 Å². The van der Waals surface area contributed by atoms with Gasteiger partial charge < -0.3 is 15.3 Å². The molecule has 0 spiro atoms. The van der Waals surface area contributed by atoms with E-state index in [0.717, 1.165) is 0 Å². The molecule has 7 heavy (non-hydrogen) atoms. The molecule has 4 heteroatoms. The molecule has 0 bridgehead atoms. The van der Waals surface area contributed by atoms with Crippen molar-refractivity contribution in [1.82, 2.24) is 0 Å². The van der Waals surface area contributed by atoms with E-state index in [2.05, 4.69) is 0 Å². The molecule has 0 aliphatic rings. The van der Waals surface area contributed by atoms with Crippen LogP contribution in [0.3, 0.4) is 0 Å². The molecule has 1 unspecified atom stereocenters. The average molecular weight is 126 g/mol. The van der Waals surface area contributed by atoms with Crippen LogP contribution in [0.5, 0.6) is 0 Å². The first-order valence-corrected chi connectivity index (χ1v) is 1.73. The van der Waals surface area contributed by atoms with E-state index in [1.807, 2.05) is 0 Å². The van der Waals surface area contributed by atoms with Crippen molar-refractivity contribution < 1.29 is 15.3 Å². The molecule has 46 valence electrons. The molecule has 0 heterocycles. The molecule has 0 rings (SSSR count). The summed E-state index contributed by atoms with van der Waals surface area (Å²) in [6.07, 6.45) is -0.0625. The molecule has 0 aromatic heterocycles. The molecule has 0 aliphatic heterocycles. The van der Waals surface area contributed by atoms with Gasteiger partial charge in [0.2, 0.25) is 0 Å². The van der Waals surface area contributed by atoms with E-state index in [4.69, 9.17) is 15.3 Å². The average Bonchev–Trinajstić information content (AvgIpc) is 1.35. The van der Waals surface area contributed by atoms with Crippen LogP contribution in [0.25, 0.3) is 0 Å². The molecule has 3 N–H and O–H groups in total. The Morgan fingerprint density at radius 2 is 1.43 bits per heavy atom. The number of aliphatic hydroxyl groups is 3. The summed E-state index contributed by atoms with van der Waals surface area (Å²) in [6, 6.07) is 0. The van der Waals surface area contributed by atoms with Gasteiger partial charge in [-0.3, -0.25) is 0 Å². The van der Waals surface area contributed by atoms with Gasteiger partial charge in [0.15, 0.2) is 0 Å². The molecule has 3 nitrogen and oxygen atoms in total. The van der Waals surface area contributed by atoms with Crippen LogP contribution >= 0.6 is 9.90 Å². The zero-order valence-corrected chi connectivity index (χ0v) is 5.67. The summed E-state index contributed by atoms with van der Waals surface area (Å²) < 4.78 is 0. The summed E-state index contributed by atoms with van der Waals surface area (Å²) >= 11 is 0. The van der Waals surface area contributed by atoms with Crippen molar-refractivity contribution in [1.29, 1.82) is 0 Å². The largest absolute Gasteiger partial charge is 0.344 e. The first-order chi connectivity index (χ1) is 2.56. The molecule has 0 radical (unpaired) electrons. The quantitative estimate of drug-likeness (QED) is 0.314. The van der Waals surface area contributed by atoms with Crippen LogP contribution in [0.1, 0.15) is 13.3 Å². The lowest BCUT2D eigenvalue weighted by Gasteiger charge is -2.08. The van der Waals surface area contributed by atoms with Crippen LogP contribution in [-0.2, 0) is 0 Å². The van der Waals surface area contributed by atoms with Gasteiger partial charge in [0.1, 0.15) is 0 Å². The van der Waals surface area contributed by atoms with Gasteiger partial charge in [0, 0.05) is 6.42 Å². The third-order valence-corrected chi connectivity index (χ3v) is 0.474. The van der Waals surface area contributed by atoms with Gasteiger partial charge >= 0.3 is 0 Å². The molecule has 1 atom stereocenters. The Labute approximate surface area is 45.6 Å². The molecular weight excluding hydrogens is 115 g/mol. The first kappa shape index (κ1) is 10.3. The lowest BCUT2D eigenvalue weighted by atomic mass is 10.4. The smallest absolute Gasteiger partial charge is 0.274 e. The fourth-order valence-corrected chi connectivity index (χ4v) is 0. The van der Waals surface area contributed by atoms with Crippen molar-refractivity contribution in [3.8, 4) is 0 Å². The minimum Gasteiger partial charge on any atom is -0.344 e. The van der Waals surface area contributed by atoms with Gasteiger partial charge in [-0.15, -0.1) is 0 Å². The summed E-state index contributed by atoms with van der Waals surface area (Å²) in [5, 5.41) is 23.8. The van der Waals surface area contributed by atoms with Crippen LogP contribution in [0.15, 0.2) is 0 Å². The molecule has 0 saturated carbocycles. The molecule has 0 amide bonds. The second kappa shape index (κ2) is 3.33. The van der Waals surface area contributed by atoms with Gasteiger partial charge in [-0.25, -0.2) is 0 Å². The Bertz CT molecular complexity index is 39.9. The van der Waals surface area contributed by atoms with Crippen LogP contribution in [-0.4, -0.2) is 21.3 Å². The summed E-state index contributed by atoms with van der Waals surface area (Å²) in [4.78, 5) is 0. The lowest BCUT2D eigenvalue weighted by Crippen LogP contribution is -2.24. The fourth-order valence-electron chi connectivity index (χ4n) is 0. The van der Waals surface area contributed by atoms with Crippen molar-refractivity contribution in [2.45, 2.75) is 19.3 Å². The summed E-state index contributed by atoms with van der Waals surface area (Å²) in [7, 11) is 0. The Balaban J connectivity index is 0. The maximum Gasteiger partial charge on any atom is 0.274 e. The van der Waals surface area contributed by atoms with Crippen molar-refractivity contribution in [2.75, 3.05) is 0 Å². The fraction of sp³-hybridized carbons (Fsp3) is 1.00. The monoisotopic (exact) mass is 126 g/mol. The molecule has 0 aromatic rings. The molecular formula is C3H11O3P. The highest BCUT2D eigenvalue weighted by Crippen LogP contribution is 1.95. The molecule has 0 fully saturated rings. The summed E-state index contributed by atoms with van der Waals surface area (Å²) in [6.45, 7) is 1.46. The van der Waals surface area contributed by atoms with Crippen molar-refractivity contribution in [3.63, 3.8) is 0 Å². The Morgan fingerprint density at radius 1 is 1.29 bits per heavy atom. The maximum absolute atomic E-state index is 7.94. The Kier molecular flexibility index (Phi) is 4.91. The molecule has 0 aromatic carbocycles. The van der Waals surface area contributed by atoms with E-state index in [1.165, 1.54) is 6.92 Å². The number of rotatable bonds is 1. The van der Waals surface area contributed by atoms with E-state index in [9.17, 15) is 0 Å². The first-order valence-electron chi connectivity index (χ1n) is 1.73. The highest BCUT2D eigenvalue weighted by atomic mass is 31.0. The van der Waals surface area contributed by atoms with Crippen molar-refractivity contribution in [3.05, 3.63) is 0 Å². The Morgan fingerprint density at radius 3 is 1.43 bits per heavy atom. The minimum atomic E-state index is -2.46. The van der Waals surface area contributed by atoms with Gasteiger partial charge in [-0.2, -0.15) is 9.90 Å². The second-order valence-corrected chi connectivity index (χ2v) is 1.13. The van der Waals surface area contributed by atoms with Crippen molar-refractivity contribution >= 4 is 9.90 Å². The number of hydrogen-bond acceptors (Lipinski definition) is 3. The summed E-state index contributed by atoms with van der Waals surface area (Å²) in [5.41, 5.74) is 0. The topological polar surface area (TPSA) is 60.7 Å². The van der Waals surface area contributed by atoms with Crippen molar-refractivity contribution in [2.24, 2.45) is 0 Å². The van der Waals surface area contributed by atoms with Crippen LogP contribution < -0.4 is 0 Å². The zero-order chi connectivity index (χ0) is 5.21. The normalized spacial score (nSPS) is 10.3. The standard InChI is InChI=1S/C3H8O3.H3P/c1-2-3(4,5)6;/h4-6H,2H2,1H3;1H3. The zero-order valence-electron chi connectivity index (χ0n) is 4.26. The van der Waals surface area contributed by atoms with Gasteiger partial charge in [0.25, 0.3) is 5.97 Å².